The first-order chi connectivity index (χ1) is 12.2. The normalized spacial score (nSPS) is 28.7. The zero-order valence-electron chi connectivity index (χ0n) is 15.8. The summed E-state index contributed by atoms with van der Waals surface area (Å²) in [5.74, 6) is 2.81. The molecule has 1 heterocycles. The molecule has 2 atom stereocenters. The Morgan fingerprint density at radius 3 is 2.48 bits per heavy atom. The predicted molar refractivity (Wildman–Crippen MR) is 99.6 cm³/mol. The zero-order valence-corrected chi connectivity index (χ0v) is 15.8. The third kappa shape index (κ3) is 5.09. The van der Waals surface area contributed by atoms with Gasteiger partial charge in [0, 0.05) is 39.3 Å². The smallest absolute Gasteiger partial charge is 0.248 e. The van der Waals surface area contributed by atoms with Crippen LogP contribution >= 0.6 is 0 Å². The summed E-state index contributed by atoms with van der Waals surface area (Å²) in [7, 11) is 3.42. The number of methoxy groups -OCH3 is 1. The number of nitrogens with zero attached hydrogens (tertiary/aromatic N) is 2. The van der Waals surface area contributed by atoms with Crippen LogP contribution in [0.5, 0.6) is 0 Å². The molecule has 25 heavy (non-hydrogen) atoms. The van der Waals surface area contributed by atoms with Crippen molar-refractivity contribution in [3.63, 3.8) is 0 Å². The molecule has 6 nitrogen and oxygen atoms in total. The number of hydrogen-bond donors (Lipinski definition) is 2. The average molecular weight is 351 g/mol. The minimum atomic E-state index is 0.0942. The number of carbonyl (C=O) groups is 1. The fourth-order valence-corrected chi connectivity index (χ4v) is 4.49. The number of rotatable bonds is 5. The molecule has 0 bridgehead atoms. The van der Waals surface area contributed by atoms with Crippen LogP contribution in [0.2, 0.25) is 0 Å². The maximum Gasteiger partial charge on any atom is 0.248 e. The van der Waals surface area contributed by atoms with Gasteiger partial charge in [-0.2, -0.15) is 0 Å². The predicted octanol–water partition coefficient (Wildman–Crippen LogP) is 1.76. The van der Waals surface area contributed by atoms with Gasteiger partial charge in [0.2, 0.25) is 5.91 Å². The molecule has 2 unspecified atom stereocenters. The second-order valence-electron chi connectivity index (χ2n) is 7.85. The van der Waals surface area contributed by atoms with Crippen molar-refractivity contribution in [1.82, 2.24) is 15.5 Å². The van der Waals surface area contributed by atoms with E-state index >= 15 is 0 Å². The Kier molecular flexibility index (Phi) is 6.57. The lowest BCUT2D eigenvalue weighted by Gasteiger charge is -2.33. The van der Waals surface area contributed by atoms with E-state index in [1.165, 1.54) is 38.5 Å². The van der Waals surface area contributed by atoms with Gasteiger partial charge >= 0.3 is 0 Å². The van der Waals surface area contributed by atoms with Crippen LogP contribution in [0.15, 0.2) is 4.99 Å². The Hall–Kier alpha value is -1.30. The van der Waals surface area contributed by atoms with Crippen molar-refractivity contribution >= 4 is 11.9 Å². The largest absolute Gasteiger partial charge is 0.375 e. The Morgan fingerprint density at radius 2 is 1.84 bits per heavy atom. The Bertz CT molecular complexity index is 468. The molecule has 3 aliphatic rings. The summed E-state index contributed by atoms with van der Waals surface area (Å²) in [5, 5.41) is 7.19. The first kappa shape index (κ1) is 18.5. The molecule has 0 spiro atoms. The molecule has 1 aliphatic heterocycles. The molecule has 1 amide bonds. The highest BCUT2D eigenvalue weighted by molar-refractivity contribution is 5.81. The van der Waals surface area contributed by atoms with Crippen molar-refractivity contribution in [2.24, 2.45) is 16.8 Å². The van der Waals surface area contributed by atoms with Gasteiger partial charge in [0.15, 0.2) is 5.96 Å². The van der Waals surface area contributed by atoms with Crippen molar-refractivity contribution in [1.29, 1.82) is 0 Å². The second kappa shape index (κ2) is 8.88. The van der Waals surface area contributed by atoms with Crippen LogP contribution in [0.1, 0.15) is 51.4 Å². The number of amides is 1. The number of ether oxygens (including phenoxy) is 1. The van der Waals surface area contributed by atoms with Gasteiger partial charge in [-0.25, -0.2) is 0 Å². The van der Waals surface area contributed by atoms with Crippen LogP contribution < -0.4 is 10.6 Å². The van der Waals surface area contributed by atoms with Crippen molar-refractivity contribution in [2.45, 2.75) is 63.5 Å². The molecule has 3 fully saturated rings. The lowest BCUT2D eigenvalue weighted by atomic mass is 9.85. The van der Waals surface area contributed by atoms with Gasteiger partial charge in [-0.1, -0.05) is 32.1 Å². The van der Waals surface area contributed by atoms with E-state index in [0.717, 1.165) is 43.7 Å². The number of piperidine rings is 1. The Labute approximate surface area is 151 Å². The molecule has 1 saturated heterocycles. The van der Waals surface area contributed by atoms with Gasteiger partial charge in [-0.15, -0.1) is 0 Å². The lowest BCUT2D eigenvalue weighted by Crippen LogP contribution is -2.50. The topological polar surface area (TPSA) is 66.0 Å². The number of guanidine groups is 1. The van der Waals surface area contributed by atoms with Crippen LogP contribution in [-0.2, 0) is 9.53 Å². The van der Waals surface area contributed by atoms with Crippen molar-refractivity contribution < 1.29 is 9.53 Å². The zero-order chi connectivity index (χ0) is 17.6. The van der Waals surface area contributed by atoms with Crippen LogP contribution in [0, 0.1) is 11.8 Å². The van der Waals surface area contributed by atoms with Crippen molar-refractivity contribution in [3.8, 4) is 0 Å². The Balaban J connectivity index is 1.38. The van der Waals surface area contributed by atoms with E-state index in [0.29, 0.717) is 12.1 Å². The van der Waals surface area contributed by atoms with Gasteiger partial charge in [0.1, 0.15) is 6.61 Å². The Morgan fingerprint density at radius 1 is 1.12 bits per heavy atom. The van der Waals surface area contributed by atoms with Gasteiger partial charge in [0.25, 0.3) is 0 Å². The van der Waals surface area contributed by atoms with E-state index < -0.39 is 0 Å². The third-order valence-electron chi connectivity index (χ3n) is 6.10. The summed E-state index contributed by atoms with van der Waals surface area (Å²) in [6.07, 6.45) is 10.3. The standard InChI is InChI=1S/C19H34N4O2/c1-20-19(22-17-12-16(17)14-6-4-3-5-7-14)21-15-8-10-23(11-9-15)18(24)13-25-2/h14-17H,3-13H2,1-2H3,(H2,20,21,22). The maximum atomic E-state index is 11.9. The highest BCUT2D eigenvalue weighted by atomic mass is 16.5. The monoisotopic (exact) mass is 350 g/mol. The molecule has 6 heteroatoms. The highest BCUT2D eigenvalue weighted by Gasteiger charge is 2.43. The SMILES string of the molecule is CN=C(NC1CCN(C(=O)COC)CC1)NC1CC1C1CCCCC1. The fourth-order valence-electron chi connectivity index (χ4n) is 4.49. The van der Waals surface area contributed by atoms with Gasteiger partial charge in [-0.3, -0.25) is 9.79 Å². The minimum absolute atomic E-state index is 0.0942. The quantitative estimate of drug-likeness (QED) is 0.586. The van der Waals surface area contributed by atoms with Crippen LogP contribution in [0.25, 0.3) is 0 Å². The van der Waals surface area contributed by atoms with E-state index in [-0.39, 0.29) is 12.5 Å². The van der Waals surface area contributed by atoms with E-state index in [1.807, 2.05) is 11.9 Å². The van der Waals surface area contributed by atoms with Crippen LogP contribution in [-0.4, -0.2) is 62.7 Å². The van der Waals surface area contributed by atoms with Gasteiger partial charge in [-0.05, 0) is 31.1 Å². The number of nitrogens with one attached hydrogen (secondary N) is 2. The van der Waals surface area contributed by atoms with E-state index in [2.05, 4.69) is 15.6 Å². The van der Waals surface area contributed by atoms with Crippen LogP contribution in [0.4, 0.5) is 0 Å². The third-order valence-corrected chi connectivity index (χ3v) is 6.10. The molecule has 142 valence electrons. The average Bonchev–Trinajstić information content (AvgIpc) is 3.42. The molecule has 0 aromatic carbocycles. The first-order valence-corrected chi connectivity index (χ1v) is 9.97. The summed E-state index contributed by atoms with van der Waals surface area (Å²) in [6, 6.07) is 1.00. The van der Waals surface area contributed by atoms with Gasteiger partial charge in [0.05, 0.1) is 0 Å². The molecular weight excluding hydrogens is 316 g/mol. The van der Waals surface area contributed by atoms with E-state index in [1.54, 1.807) is 7.11 Å². The maximum absolute atomic E-state index is 11.9. The first-order valence-electron chi connectivity index (χ1n) is 9.97. The van der Waals surface area contributed by atoms with E-state index in [9.17, 15) is 4.79 Å². The summed E-state index contributed by atoms with van der Waals surface area (Å²) >= 11 is 0. The molecule has 0 aromatic heterocycles. The fraction of sp³-hybridized carbons (Fsp3) is 0.895. The summed E-state index contributed by atoms with van der Waals surface area (Å²) in [5.41, 5.74) is 0. The number of carbonyl (C=O) groups excluding carboxylic acids is 1. The molecular formula is C19H34N4O2. The molecule has 2 N–H and O–H groups in total. The molecule has 0 aromatic rings. The highest BCUT2D eigenvalue weighted by Crippen LogP contribution is 2.44. The molecule has 3 rings (SSSR count). The van der Waals surface area contributed by atoms with Crippen molar-refractivity contribution in [3.05, 3.63) is 0 Å². The second-order valence-corrected chi connectivity index (χ2v) is 7.85. The summed E-state index contributed by atoms with van der Waals surface area (Å²) in [6.45, 7) is 1.78. The number of likely N-dealkylation sites (tertiary alicyclic amines) is 1. The summed E-state index contributed by atoms with van der Waals surface area (Å²) in [4.78, 5) is 18.2. The van der Waals surface area contributed by atoms with Gasteiger partial charge < -0.3 is 20.3 Å². The lowest BCUT2D eigenvalue weighted by molar-refractivity contribution is -0.136. The van der Waals surface area contributed by atoms with E-state index in [4.69, 9.17) is 4.74 Å². The minimum Gasteiger partial charge on any atom is -0.375 e. The van der Waals surface area contributed by atoms with Crippen molar-refractivity contribution in [2.75, 3.05) is 33.9 Å². The molecule has 2 aliphatic carbocycles. The molecule has 0 radical (unpaired) electrons. The number of aliphatic imine (C=N–C) groups is 1. The number of hydrogen-bond acceptors (Lipinski definition) is 3. The molecule has 2 saturated carbocycles. The van der Waals surface area contributed by atoms with Crippen LogP contribution in [0.3, 0.4) is 0 Å². The summed E-state index contributed by atoms with van der Waals surface area (Å²) < 4.78 is 4.94.